The zero-order valence-corrected chi connectivity index (χ0v) is 9.87. The molecule has 2 rings (SSSR count). The van der Waals surface area contributed by atoms with Gasteiger partial charge in [-0.05, 0) is 11.6 Å². The fraction of sp³-hybridized carbons (Fsp3) is 0.154. The summed E-state index contributed by atoms with van der Waals surface area (Å²) in [7, 11) is 3.56. The van der Waals surface area contributed by atoms with Crippen LogP contribution in [0.2, 0.25) is 0 Å². The molecular formula is C13H14N3O+. The predicted molar refractivity (Wildman–Crippen MR) is 64.2 cm³/mol. The maximum absolute atomic E-state index is 12.0. The highest BCUT2D eigenvalue weighted by molar-refractivity contribution is 6.03. The maximum Gasteiger partial charge on any atom is 0.307 e. The lowest BCUT2D eigenvalue weighted by Crippen LogP contribution is -2.34. The lowest BCUT2D eigenvalue weighted by atomic mass is 10.2. The molecule has 0 N–H and O–H groups in total. The molecule has 1 heterocycles. The molecule has 0 aliphatic carbocycles. The van der Waals surface area contributed by atoms with Crippen molar-refractivity contribution in [3.63, 3.8) is 0 Å². The second-order valence-corrected chi connectivity index (χ2v) is 3.80. The Balaban J connectivity index is 2.21. The molecule has 4 nitrogen and oxygen atoms in total. The largest absolute Gasteiger partial charge is 0.307 e. The highest BCUT2D eigenvalue weighted by Crippen LogP contribution is 2.02. The molecule has 1 aromatic heterocycles. The smallest absolute Gasteiger partial charge is 0.282 e. The number of benzene rings is 1. The average Bonchev–Trinajstić information content (AvgIpc) is 2.67. The summed E-state index contributed by atoms with van der Waals surface area (Å²) in [6.07, 6.45) is 4.98. The minimum absolute atomic E-state index is 0.0589. The monoisotopic (exact) mass is 228 g/mol. The zero-order valence-electron chi connectivity index (χ0n) is 9.87. The van der Waals surface area contributed by atoms with E-state index in [-0.39, 0.29) is 5.78 Å². The topological polar surface area (TPSA) is 38.8 Å². The number of aryl methyl sites for hydroxylation is 2. The SMILES string of the molecule is Cn1nc[n+](C)c1C(=O)/C=C/c1ccccc1. The molecule has 0 unspecified atom stereocenters. The summed E-state index contributed by atoms with van der Waals surface area (Å²) < 4.78 is 3.27. The number of carbonyl (C=O) groups excluding carboxylic acids is 1. The van der Waals surface area contributed by atoms with Gasteiger partial charge in [0, 0.05) is 5.10 Å². The Morgan fingerprint density at radius 2 is 2.06 bits per heavy atom. The van der Waals surface area contributed by atoms with Crippen LogP contribution in [0.15, 0.2) is 42.7 Å². The number of allylic oxidation sites excluding steroid dienone is 1. The van der Waals surface area contributed by atoms with Gasteiger partial charge in [0.05, 0.1) is 14.1 Å². The molecule has 2 aromatic rings. The number of hydrogen-bond acceptors (Lipinski definition) is 2. The van der Waals surface area contributed by atoms with Crippen LogP contribution in [0.25, 0.3) is 6.08 Å². The molecule has 1 aromatic carbocycles. The van der Waals surface area contributed by atoms with Crippen molar-refractivity contribution in [3.05, 3.63) is 54.1 Å². The highest BCUT2D eigenvalue weighted by atomic mass is 16.1. The van der Waals surface area contributed by atoms with Crippen LogP contribution in [0, 0.1) is 0 Å². The molecule has 0 spiro atoms. The molecular weight excluding hydrogens is 214 g/mol. The van der Waals surface area contributed by atoms with Crippen LogP contribution in [0.1, 0.15) is 16.2 Å². The minimum atomic E-state index is -0.0589. The molecule has 0 fully saturated rings. The van der Waals surface area contributed by atoms with Crippen LogP contribution in [0.3, 0.4) is 0 Å². The summed E-state index contributed by atoms with van der Waals surface area (Å²) in [5.41, 5.74) is 1.01. The molecule has 0 aliphatic heterocycles. The van der Waals surface area contributed by atoms with Crippen molar-refractivity contribution in [1.29, 1.82) is 0 Å². The van der Waals surface area contributed by atoms with E-state index in [1.807, 2.05) is 30.3 Å². The van der Waals surface area contributed by atoms with Gasteiger partial charge in [0.1, 0.15) is 0 Å². The Hall–Kier alpha value is -2.23. The molecule has 4 heteroatoms. The van der Waals surface area contributed by atoms with Gasteiger partial charge < -0.3 is 0 Å². The first kappa shape index (κ1) is 11.3. The molecule has 0 radical (unpaired) electrons. The third kappa shape index (κ3) is 2.47. The molecule has 0 atom stereocenters. The van der Waals surface area contributed by atoms with Crippen LogP contribution >= 0.6 is 0 Å². The molecule has 0 amide bonds. The van der Waals surface area contributed by atoms with Crippen molar-refractivity contribution in [2.24, 2.45) is 14.1 Å². The van der Waals surface area contributed by atoms with Crippen molar-refractivity contribution in [2.45, 2.75) is 0 Å². The summed E-state index contributed by atoms with van der Waals surface area (Å²) in [5.74, 6) is 0.494. The Morgan fingerprint density at radius 1 is 1.35 bits per heavy atom. The second-order valence-electron chi connectivity index (χ2n) is 3.80. The van der Waals surface area contributed by atoms with E-state index in [0.717, 1.165) is 5.56 Å². The zero-order chi connectivity index (χ0) is 12.3. The molecule has 17 heavy (non-hydrogen) atoms. The van der Waals surface area contributed by atoms with Gasteiger partial charge in [-0.3, -0.25) is 4.79 Å². The van der Waals surface area contributed by atoms with Gasteiger partial charge in [-0.2, -0.15) is 0 Å². The van der Waals surface area contributed by atoms with Crippen LogP contribution in [0.4, 0.5) is 0 Å². The first-order valence-electron chi connectivity index (χ1n) is 5.33. The van der Waals surface area contributed by atoms with Crippen molar-refractivity contribution in [2.75, 3.05) is 0 Å². The van der Waals surface area contributed by atoms with E-state index in [2.05, 4.69) is 5.10 Å². The summed E-state index contributed by atoms with van der Waals surface area (Å²) >= 11 is 0. The standard InChI is InChI=1S/C13H14N3O/c1-15-10-14-16(2)13(15)12(17)9-8-11-6-4-3-5-7-11/h3-10H,1-2H3/q+1/b9-8+. The third-order valence-electron chi connectivity index (χ3n) is 2.49. The van der Waals surface area contributed by atoms with E-state index < -0.39 is 0 Å². The average molecular weight is 228 g/mol. The first-order valence-corrected chi connectivity index (χ1v) is 5.33. The quantitative estimate of drug-likeness (QED) is 0.449. The maximum atomic E-state index is 12.0. The van der Waals surface area contributed by atoms with Gasteiger partial charge in [0.15, 0.2) is 0 Å². The molecule has 0 saturated carbocycles. The van der Waals surface area contributed by atoms with Gasteiger partial charge in [-0.25, -0.2) is 4.57 Å². The summed E-state index contributed by atoms with van der Waals surface area (Å²) in [6, 6.07) is 9.72. The fourth-order valence-electron chi connectivity index (χ4n) is 1.64. The Kier molecular flexibility index (Phi) is 3.14. The van der Waals surface area contributed by atoms with Gasteiger partial charge in [-0.15, -0.1) is 4.68 Å². The van der Waals surface area contributed by atoms with Crippen molar-refractivity contribution in [1.82, 2.24) is 9.78 Å². The van der Waals surface area contributed by atoms with Crippen LogP contribution in [0.5, 0.6) is 0 Å². The molecule has 0 bridgehead atoms. The first-order chi connectivity index (χ1) is 8.18. The summed E-state index contributed by atoms with van der Waals surface area (Å²) in [6.45, 7) is 0. The number of ketones is 1. The summed E-state index contributed by atoms with van der Waals surface area (Å²) in [5, 5.41) is 4.02. The van der Waals surface area contributed by atoms with Gasteiger partial charge in [0.25, 0.3) is 12.1 Å². The van der Waals surface area contributed by atoms with Crippen LogP contribution in [-0.4, -0.2) is 15.6 Å². The molecule has 0 saturated heterocycles. The van der Waals surface area contributed by atoms with Gasteiger partial charge in [-0.1, -0.05) is 36.4 Å². The van der Waals surface area contributed by atoms with E-state index in [1.54, 1.807) is 41.8 Å². The normalized spacial score (nSPS) is 10.9. The van der Waals surface area contributed by atoms with E-state index in [1.165, 1.54) is 0 Å². The Bertz CT molecular complexity index is 536. The summed E-state index contributed by atoms with van der Waals surface area (Å²) in [4.78, 5) is 12.0. The van der Waals surface area contributed by atoms with E-state index in [0.29, 0.717) is 5.82 Å². The number of nitrogens with zero attached hydrogens (tertiary/aromatic N) is 3. The van der Waals surface area contributed by atoms with Gasteiger partial charge in [0.2, 0.25) is 0 Å². The molecule has 0 aliphatic rings. The highest BCUT2D eigenvalue weighted by Gasteiger charge is 2.18. The Labute approximate surface area is 99.8 Å². The predicted octanol–water partition coefficient (Wildman–Crippen LogP) is 1.14. The fourth-order valence-corrected chi connectivity index (χ4v) is 1.64. The minimum Gasteiger partial charge on any atom is -0.282 e. The Morgan fingerprint density at radius 3 is 2.65 bits per heavy atom. The van der Waals surface area contributed by atoms with Gasteiger partial charge >= 0.3 is 5.82 Å². The van der Waals surface area contributed by atoms with Crippen molar-refractivity contribution in [3.8, 4) is 0 Å². The number of aromatic nitrogens is 3. The number of carbonyl (C=O) groups is 1. The van der Waals surface area contributed by atoms with Crippen LogP contribution < -0.4 is 4.57 Å². The number of hydrogen-bond donors (Lipinski definition) is 0. The second kappa shape index (κ2) is 4.74. The van der Waals surface area contributed by atoms with E-state index in [9.17, 15) is 4.79 Å². The van der Waals surface area contributed by atoms with Crippen molar-refractivity contribution >= 4 is 11.9 Å². The van der Waals surface area contributed by atoms with E-state index in [4.69, 9.17) is 0 Å². The lowest BCUT2D eigenvalue weighted by Gasteiger charge is -1.93. The lowest BCUT2D eigenvalue weighted by molar-refractivity contribution is -0.674. The molecule has 86 valence electrons. The number of rotatable bonds is 3. The van der Waals surface area contributed by atoms with Crippen molar-refractivity contribution < 1.29 is 9.36 Å². The van der Waals surface area contributed by atoms with Crippen LogP contribution in [-0.2, 0) is 14.1 Å². The van der Waals surface area contributed by atoms with E-state index >= 15 is 0 Å². The third-order valence-corrected chi connectivity index (χ3v) is 2.49.